The molecule has 0 aliphatic rings. The molecule has 1 rings (SSSR count). The number of nitrogens with one attached hydrogen (secondary N) is 2. The lowest BCUT2D eigenvalue weighted by Crippen LogP contribution is -2.37. The summed E-state index contributed by atoms with van der Waals surface area (Å²) in [5.41, 5.74) is 3.05. The van der Waals surface area contributed by atoms with Crippen molar-refractivity contribution in [2.45, 2.75) is 17.9 Å². The first-order valence-electron chi connectivity index (χ1n) is 5.80. The quantitative estimate of drug-likeness (QED) is 0.253. The van der Waals surface area contributed by atoms with Crippen molar-refractivity contribution in [2.24, 2.45) is 16.0 Å². The van der Waals surface area contributed by atoms with E-state index in [0.29, 0.717) is 18.3 Å². The maximum absolute atomic E-state index is 11.1. The number of methoxy groups -OCH3 is 1. The van der Waals surface area contributed by atoms with Gasteiger partial charge in [-0.25, -0.2) is 24.4 Å². The zero-order chi connectivity index (χ0) is 15.2. The summed E-state index contributed by atoms with van der Waals surface area (Å²) in [5.74, 6) is 5.71. The number of benzene rings is 1. The average molecular weight is 301 g/mol. The third-order valence-corrected chi connectivity index (χ3v) is 3.27. The number of rotatable bonds is 5. The van der Waals surface area contributed by atoms with Crippen LogP contribution in [0.25, 0.3) is 0 Å². The largest absolute Gasteiger partial charge is 0.382 e. The van der Waals surface area contributed by atoms with Gasteiger partial charge < -0.3 is 10.1 Å². The monoisotopic (exact) mass is 301 g/mol. The molecular formula is C11H19N5O3S. The van der Waals surface area contributed by atoms with E-state index in [0.717, 1.165) is 0 Å². The summed E-state index contributed by atoms with van der Waals surface area (Å²) in [5, 5.41) is 7.93. The van der Waals surface area contributed by atoms with Gasteiger partial charge in [0.2, 0.25) is 16.0 Å². The smallest absolute Gasteiger partial charge is 0.238 e. The summed E-state index contributed by atoms with van der Waals surface area (Å²) in [6.07, 6.45) is 0. The minimum absolute atomic E-state index is 0.0370. The fourth-order valence-electron chi connectivity index (χ4n) is 1.47. The van der Waals surface area contributed by atoms with Crippen molar-refractivity contribution in [3.63, 3.8) is 0 Å². The number of hydrazine groups is 1. The van der Waals surface area contributed by atoms with Crippen LogP contribution >= 0.6 is 0 Å². The number of anilines is 1. The highest BCUT2D eigenvalue weighted by atomic mass is 32.2. The summed E-state index contributed by atoms with van der Waals surface area (Å²) in [6, 6.07) is 5.83. The molecule has 0 aliphatic carbocycles. The average Bonchev–Trinajstić information content (AvgIpc) is 2.37. The van der Waals surface area contributed by atoms with Gasteiger partial charge in [-0.3, -0.25) is 5.43 Å². The van der Waals surface area contributed by atoms with E-state index >= 15 is 0 Å². The molecule has 9 heteroatoms. The Balaban J connectivity index is 2.81. The summed E-state index contributed by atoms with van der Waals surface area (Å²) in [6.45, 7) is 2.32. The highest BCUT2D eigenvalue weighted by Crippen LogP contribution is 2.12. The van der Waals surface area contributed by atoms with Crippen molar-refractivity contribution < 1.29 is 13.2 Å². The number of sulfonamides is 1. The van der Waals surface area contributed by atoms with Crippen LogP contribution in [0.1, 0.15) is 6.92 Å². The van der Waals surface area contributed by atoms with Crippen LogP contribution in [0, 0.1) is 0 Å². The normalized spacial score (nSPS) is 13.9. The first-order valence-corrected chi connectivity index (χ1v) is 7.34. The van der Waals surface area contributed by atoms with Gasteiger partial charge in [0, 0.05) is 12.8 Å². The van der Waals surface area contributed by atoms with Crippen LogP contribution in [-0.2, 0) is 14.8 Å². The molecule has 0 fully saturated rings. The maximum Gasteiger partial charge on any atom is 0.238 e. The maximum atomic E-state index is 11.1. The highest BCUT2D eigenvalue weighted by Gasteiger charge is 2.07. The molecule has 0 amide bonds. The van der Waals surface area contributed by atoms with Gasteiger partial charge >= 0.3 is 0 Å². The van der Waals surface area contributed by atoms with E-state index in [9.17, 15) is 8.42 Å². The van der Waals surface area contributed by atoms with Gasteiger partial charge in [-0.1, -0.05) is 0 Å². The Morgan fingerprint density at radius 1 is 1.40 bits per heavy atom. The first kappa shape index (κ1) is 16.4. The second kappa shape index (κ2) is 7.20. The fraction of sp³-hybridized carbons (Fsp3) is 0.364. The molecule has 1 unspecified atom stereocenters. The van der Waals surface area contributed by atoms with E-state index in [2.05, 4.69) is 15.7 Å². The lowest BCUT2D eigenvalue weighted by atomic mass is 10.3. The van der Waals surface area contributed by atoms with Crippen LogP contribution < -0.4 is 21.7 Å². The van der Waals surface area contributed by atoms with Crippen molar-refractivity contribution in [2.75, 3.05) is 19.0 Å². The van der Waals surface area contributed by atoms with Crippen LogP contribution in [0.3, 0.4) is 0 Å². The molecule has 1 atom stereocenters. The second-order valence-corrected chi connectivity index (χ2v) is 5.68. The fourth-order valence-corrected chi connectivity index (χ4v) is 1.98. The summed E-state index contributed by atoms with van der Waals surface area (Å²) in [7, 11) is -2.11. The van der Waals surface area contributed by atoms with Gasteiger partial charge in [0.1, 0.15) is 0 Å². The molecule has 112 valence electrons. The van der Waals surface area contributed by atoms with Crippen LogP contribution in [0.15, 0.2) is 34.2 Å². The Hall–Kier alpha value is -1.68. The molecular weight excluding hydrogens is 282 g/mol. The van der Waals surface area contributed by atoms with E-state index in [4.69, 9.17) is 15.7 Å². The standard InChI is InChI=1S/C11H19N5O3S/c1-8(7-19-2)14-11(16-12)15-9-3-5-10(6-4-9)20(13,17)18/h3-6,8H,7,12H2,1-2H3,(H2,13,17,18)(H2,14,15,16). The molecule has 6 N–H and O–H groups in total. The predicted octanol–water partition coefficient (Wildman–Crippen LogP) is -0.400. The molecule has 0 radical (unpaired) electrons. The van der Waals surface area contributed by atoms with Crippen LogP contribution in [0.2, 0.25) is 0 Å². The van der Waals surface area contributed by atoms with Crippen molar-refractivity contribution >= 4 is 21.7 Å². The zero-order valence-electron chi connectivity index (χ0n) is 11.3. The molecule has 20 heavy (non-hydrogen) atoms. The van der Waals surface area contributed by atoms with Crippen molar-refractivity contribution in [3.8, 4) is 0 Å². The van der Waals surface area contributed by atoms with E-state index in [1.54, 1.807) is 19.2 Å². The van der Waals surface area contributed by atoms with Crippen LogP contribution in [0.4, 0.5) is 5.69 Å². The predicted molar refractivity (Wildman–Crippen MR) is 77.5 cm³/mol. The van der Waals surface area contributed by atoms with Gasteiger partial charge in [0.15, 0.2) is 0 Å². The van der Waals surface area contributed by atoms with Gasteiger partial charge in [0.05, 0.1) is 17.5 Å². The van der Waals surface area contributed by atoms with Crippen molar-refractivity contribution in [1.29, 1.82) is 0 Å². The number of hydrogen-bond donors (Lipinski definition) is 4. The lowest BCUT2D eigenvalue weighted by Gasteiger charge is -2.12. The number of hydrogen-bond acceptors (Lipinski definition) is 5. The number of aliphatic imine (C=N–C) groups is 1. The number of nitrogens with zero attached hydrogens (tertiary/aromatic N) is 1. The molecule has 0 bridgehead atoms. The topological polar surface area (TPSA) is 132 Å². The summed E-state index contributed by atoms with van der Waals surface area (Å²) >= 11 is 0. The van der Waals surface area contributed by atoms with Crippen molar-refractivity contribution in [3.05, 3.63) is 24.3 Å². The van der Waals surface area contributed by atoms with E-state index in [1.807, 2.05) is 6.92 Å². The minimum atomic E-state index is -3.69. The third-order valence-electron chi connectivity index (χ3n) is 2.34. The Kier molecular flexibility index (Phi) is 5.89. The van der Waals surface area contributed by atoms with Crippen LogP contribution in [0.5, 0.6) is 0 Å². The Labute approximate surface area is 118 Å². The number of guanidine groups is 1. The first-order chi connectivity index (χ1) is 9.36. The number of nitrogens with two attached hydrogens (primary N) is 2. The molecule has 1 aromatic rings. The van der Waals surface area contributed by atoms with Gasteiger partial charge in [-0.15, -0.1) is 0 Å². The van der Waals surface area contributed by atoms with Gasteiger partial charge in [-0.2, -0.15) is 0 Å². The summed E-state index contributed by atoms with van der Waals surface area (Å²) in [4.78, 5) is 4.29. The minimum Gasteiger partial charge on any atom is -0.382 e. The Morgan fingerprint density at radius 2 is 2.00 bits per heavy atom. The van der Waals surface area contributed by atoms with E-state index in [1.165, 1.54) is 12.1 Å². The highest BCUT2D eigenvalue weighted by molar-refractivity contribution is 7.89. The SMILES string of the molecule is COCC(C)N=C(NN)Nc1ccc(S(N)(=O)=O)cc1. The van der Waals surface area contributed by atoms with E-state index in [-0.39, 0.29) is 10.9 Å². The molecule has 0 aromatic heterocycles. The third kappa shape index (κ3) is 5.13. The lowest BCUT2D eigenvalue weighted by molar-refractivity contribution is 0.185. The van der Waals surface area contributed by atoms with Crippen LogP contribution in [-0.4, -0.2) is 34.1 Å². The number of primary sulfonamides is 1. The molecule has 0 heterocycles. The van der Waals surface area contributed by atoms with E-state index < -0.39 is 10.0 Å². The van der Waals surface area contributed by atoms with Crippen molar-refractivity contribution in [1.82, 2.24) is 5.43 Å². The zero-order valence-corrected chi connectivity index (χ0v) is 12.1. The molecule has 0 aliphatic heterocycles. The Bertz CT molecular complexity index is 556. The summed E-state index contributed by atoms with van der Waals surface area (Å²) < 4.78 is 27.2. The second-order valence-electron chi connectivity index (χ2n) is 4.12. The Morgan fingerprint density at radius 3 is 2.45 bits per heavy atom. The van der Waals surface area contributed by atoms with Gasteiger partial charge in [0.25, 0.3) is 0 Å². The number of ether oxygens (including phenoxy) is 1. The molecule has 8 nitrogen and oxygen atoms in total. The molecule has 0 saturated carbocycles. The van der Waals surface area contributed by atoms with Gasteiger partial charge in [-0.05, 0) is 31.2 Å². The molecule has 1 aromatic carbocycles. The molecule has 0 saturated heterocycles. The molecule has 0 spiro atoms.